The summed E-state index contributed by atoms with van der Waals surface area (Å²) in [6, 6.07) is 8.85. The van der Waals surface area contributed by atoms with Crippen LogP contribution in [0.4, 0.5) is 5.82 Å². The van der Waals surface area contributed by atoms with Crippen molar-refractivity contribution in [3.63, 3.8) is 0 Å². The van der Waals surface area contributed by atoms with Gasteiger partial charge in [0.25, 0.3) is 0 Å². The Hall–Kier alpha value is -1.85. The Morgan fingerprint density at radius 2 is 1.96 bits per heavy atom. The van der Waals surface area contributed by atoms with Crippen molar-refractivity contribution in [1.29, 1.82) is 0 Å². The first-order valence-corrected chi connectivity index (χ1v) is 9.26. The maximum atomic E-state index is 4.55. The smallest absolute Gasteiger partial charge is 0.130 e. The number of nitrogens with one attached hydrogen (secondary N) is 1. The highest BCUT2D eigenvalue weighted by Gasteiger charge is 2.16. The third-order valence-electron chi connectivity index (χ3n) is 5.08. The predicted octanol–water partition coefficient (Wildman–Crippen LogP) is 2.33. The van der Waals surface area contributed by atoms with Gasteiger partial charge in [0.1, 0.15) is 5.82 Å². The van der Waals surface area contributed by atoms with Gasteiger partial charge in [0.05, 0.1) is 5.69 Å². The first kappa shape index (κ1) is 18.0. The van der Waals surface area contributed by atoms with Gasteiger partial charge in [0.15, 0.2) is 0 Å². The maximum absolute atomic E-state index is 4.55. The molecule has 1 aromatic carbocycles. The molecule has 1 N–H and O–H groups in total. The Kier molecular flexibility index (Phi) is 5.76. The van der Waals surface area contributed by atoms with Crippen LogP contribution < -0.4 is 10.2 Å². The van der Waals surface area contributed by atoms with E-state index in [9.17, 15) is 0 Å². The number of rotatable bonds is 7. The van der Waals surface area contributed by atoms with E-state index < -0.39 is 0 Å². The number of aromatic nitrogens is 2. The minimum Gasteiger partial charge on any atom is -0.363 e. The van der Waals surface area contributed by atoms with Gasteiger partial charge in [-0.05, 0) is 44.0 Å². The van der Waals surface area contributed by atoms with Crippen molar-refractivity contribution in [1.82, 2.24) is 20.0 Å². The summed E-state index contributed by atoms with van der Waals surface area (Å²) in [6.45, 7) is 7.46. The van der Waals surface area contributed by atoms with Crippen LogP contribution >= 0.6 is 0 Å². The Balaban J connectivity index is 1.43. The van der Waals surface area contributed by atoms with Gasteiger partial charge in [-0.2, -0.15) is 5.10 Å². The topological polar surface area (TPSA) is 36.3 Å². The van der Waals surface area contributed by atoms with Gasteiger partial charge in [0, 0.05) is 46.3 Å². The van der Waals surface area contributed by atoms with Crippen LogP contribution in [0.2, 0.25) is 0 Å². The van der Waals surface area contributed by atoms with E-state index in [1.54, 1.807) is 0 Å². The lowest BCUT2D eigenvalue weighted by molar-refractivity contribution is 0.250. The molecule has 0 saturated carbocycles. The summed E-state index contributed by atoms with van der Waals surface area (Å²) in [5.74, 6) is 1.19. The number of hydrogen-bond donors (Lipinski definition) is 1. The Morgan fingerprint density at radius 1 is 1.20 bits per heavy atom. The van der Waals surface area contributed by atoms with Crippen LogP contribution in [0.3, 0.4) is 0 Å². The van der Waals surface area contributed by atoms with Crippen molar-refractivity contribution in [3.05, 3.63) is 46.6 Å². The molecule has 0 unspecified atom stereocenters. The highest BCUT2D eigenvalue weighted by molar-refractivity contribution is 5.48. The predicted molar refractivity (Wildman–Crippen MR) is 104 cm³/mol. The lowest BCUT2D eigenvalue weighted by Gasteiger charge is -2.28. The van der Waals surface area contributed by atoms with Crippen molar-refractivity contribution < 1.29 is 0 Å². The molecule has 0 atom stereocenters. The third-order valence-corrected chi connectivity index (χ3v) is 5.08. The fourth-order valence-electron chi connectivity index (χ4n) is 3.84. The van der Waals surface area contributed by atoms with Crippen LogP contribution in [0, 0.1) is 6.92 Å². The average Bonchev–Trinajstić information content (AvgIpc) is 2.88. The van der Waals surface area contributed by atoms with Gasteiger partial charge >= 0.3 is 0 Å². The Morgan fingerprint density at radius 3 is 2.72 bits per heavy atom. The second-order valence-electron chi connectivity index (χ2n) is 7.23. The third kappa shape index (κ3) is 4.22. The van der Waals surface area contributed by atoms with Crippen molar-refractivity contribution in [3.8, 4) is 0 Å². The molecule has 1 aliphatic rings. The standard InChI is InChI=1S/C20H31N5/c1-16-19(20(23(2)3)24(4)22-16)14-21-11-7-12-25-13-10-17-8-5-6-9-18(17)15-25/h5-6,8-9,21H,7,10-15H2,1-4H3. The highest BCUT2D eigenvalue weighted by atomic mass is 15.4. The summed E-state index contributed by atoms with van der Waals surface area (Å²) >= 11 is 0. The van der Waals surface area contributed by atoms with Gasteiger partial charge in [-0.3, -0.25) is 9.58 Å². The summed E-state index contributed by atoms with van der Waals surface area (Å²) in [5, 5.41) is 8.16. The van der Waals surface area contributed by atoms with E-state index >= 15 is 0 Å². The molecule has 25 heavy (non-hydrogen) atoms. The van der Waals surface area contributed by atoms with Gasteiger partial charge in [-0.1, -0.05) is 24.3 Å². The maximum Gasteiger partial charge on any atom is 0.130 e. The second-order valence-corrected chi connectivity index (χ2v) is 7.23. The first-order chi connectivity index (χ1) is 12.1. The molecule has 0 radical (unpaired) electrons. The van der Waals surface area contributed by atoms with E-state index in [2.05, 4.69) is 65.5 Å². The molecule has 5 heteroatoms. The number of hydrogen-bond acceptors (Lipinski definition) is 4. The lowest BCUT2D eigenvalue weighted by Crippen LogP contribution is -2.32. The molecule has 0 aliphatic carbocycles. The van der Waals surface area contributed by atoms with Gasteiger partial charge < -0.3 is 10.2 Å². The molecule has 2 aromatic rings. The van der Waals surface area contributed by atoms with Crippen LogP contribution in [0.5, 0.6) is 0 Å². The van der Waals surface area contributed by atoms with E-state index in [1.165, 1.54) is 41.9 Å². The zero-order valence-corrected chi connectivity index (χ0v) is 16.0. The molecule has 0 fully saturated rings. The van der Waals surface area contributed by atoms with Crippen molar-refractivity contribution >= 4 is 5.82 Å². The van der Waals surface area contributed by atoms with E-state index in [-0.39, 0.29) is 0 Å². The summed E-state index contributed by atoms with van der Waals surface area (Å²) in [7, 11) is 6.17. The number of benzene rings is 1. The molecule has 2 heterocycles. The van der Waals surface area contributed by atoms with Crippen molar-refractivity contribution in [2.75, 3.05) is 38.6 Å². The largest absolute Gasteiger partial charge is 0.363 e. The highest BCUT2D eigenvalue weighted by Crippen LogP contribution is 2.21. The molecule has 0 bridgehead atoms. The average molecular weight is 342 g/mol. The van der Waals surface area contributed by atoms with Crippen molar-refractivity contribution in [2.24, 2.45) is 7.05 Å². The minimum atomic E-state index is 0.885. The summed E-state index contributed by atoms with van der Waals surface area (Å²) in [6.07, 6.45) is 2.36. The summed E-state index contributed by atoms with van der Waals surface area (Å²) in [5.41, 5.74) is 5.45. The van der Waals surface area contributed by atoms with E-state index in [0.29, 0.717) is 0 Å². The zero-order valence-electron chi connectivity index (χ0n) is 16.0. The van der Waals surface area contributed by atoms with E-state index in [4.69, 9.17) is 0 Å². The molecule has 0 saturated heterocycles. The zero-order chi connectivity index (χ0) is 17.8. The lowest BCUT2D eigenvalue weighted by atomic mass is 10.00. The van der Waals surface area contributed by atoms with E-state index in [0.717, 1.165) is 31.9 Å². The minimum absolute atomic E-state index is 0.885. The number of nitrogens with zero attached hydrogens (tertiary/aromatic N) is 4. The second kappa shape index (κ2) is 8.02. The fraction of sp³-hybridized carbons (Fsp3) is 0.550. The molecular weight excluding hydrogens is 310 g/mol. The van der Waals surface area contributed by atoms with Gasteiger partial charge in [0.2, 0.25) is 0 Å². The quantitative estimate of drug-likeness (QED) is 0.784. The van der Waals surface area contributed by atoms with Crippen LogP contribution in [0.25, 0.3) is 0 Å². The van der Waals surface area contributed by atoms with Crippen LogP contribution in [-0.2, 0) is 26.6 Å². The number of anilines is 1. The Bertz CT molecular complexity index is 704. The Labute approximate surface area is 151 Å². The van der Waals surface area contributed by atoms with Crippen molar-refractivity contribution in [2.45, 2.75) is 32.9 Å². The summed E-state index contributed by atoms with van der Waals surface area (Å²) in [4.78, 5) is 4.72. The molecule has 1 aromatic heterocycles. The number of aryl methyl sites for hydroxylation is 2. The van der Waals surface area contributed by atoms with Crippen LogP contribution in [-0.4, -0.2) is 48.4 Å². The van der Waals surface area contributed by atoms with Crippen LogP contribution in [0.15, 0.2) is 24.3 Å². The molecule has 0 amide bonds. The van der Waals surface area contributed by atoms with Gasteiger partial charge in [-0.25, -0.2) is 0 Å². The summed E-state index contributed by atoms with van der Waals surface area (Å²) < 4.78 is 1.97. The fourth-order valence-corrected chi connectivity index (χ4v) is 3.84. The normalized spacial score (nSPS) is 14.6. The number of fused-ring (bicyclic) bond motifs is 1. The molecule has 0 spiro atoms. The first-order valence-electron chi connectivity index (χ1n) is 9.26. The molecule has 3 rings (SSSR count). The molecule has 5 nitrogen and oxygen atoms in total. The monoisotopic (exact) mass is 341 g/mol. The SMILES string of the molecule is Cc1nn(C)c(N(C)C)c1CNCCCN1CCc2ccccc2C1. The molecular formula is C20H31N5. The van der Waals surface area contributed by atoms with E-state index in [1.807, 2.05) is 11.7 Å². The molecule has 136 valence electrons. The van der Waals surface area contributed by atoms with Gasteiger partial charge in [-0.15, -0.1) is 0 Å². The van der Waals surface area contributed by atoms with Crippen LogP contribution in [0.1, 0.15) is 28.8 Å². The molecule has 1 aliphatic heterocycles.